The van der Waals surface area contributed by atoms with E-state index in [1.165, 1.54) is 11.3 Å². The lowest BCUT2D eigenvalue weighted by atomic mass is 9.99. The quantitative estimate of drug-likeness (QED) is 0.687. The van der Waals surface area contributed by atoms with Crippen molar-refractivity contribution in [1.29, 1.82) is 0 Å². The summed E-state index contributed by atoms with van der Waals surface area (Å²) in [6.45, 7) is 0. The van der Waals surface area contributed by atoms with Crippen LogP contribution in [0.1, 0.15) is 5.56 Å². The Labute approximate surface area is 101 Å². The van der Waals surface area contributed by atoms with Crippen molar-refractivity contribution in [2.45, 2.75) is 6.42 Å². The zero-order chi connectivity index (χ0) is 12.4. The van der Waals surface area contributed by atoms with Crippen molar-refractivity contribution in [1.82, 2.24) is 0 Å². The van der Waals surface area contributed by atoms with E-state index in [1.54, 1.807) is 5.38 Å². The monoisotopic (exact) mass is 248 g/mol. The van der Waals surface area contributed by atoms with E-state index in [0.29, 0.717) is 5.56 Å². The standard InChI is InChI=1S/C12H10O4S/c13-11(14)9(12(15)16)5-7-6-17-10-4-2-1-3-8(7)10/h1-4,6,9H,5H2,(H,13,14)(H,15,16)/p-2. The van der Waals surface area contributed by atoms with Gasteiger partial charge in [0.05, 0.1) is 11.9 Å². The molecule has 0 saturated heterocycles. The van der Waals surface area contributed by atoms with E-state index in [0.717, 1.165) is 10.1 Å². The molecule has 0 radical (unpaired) electrons. The number of fused-ring (bicyclic) bond motifs is 1. The first-order valence-corrected chi connectivity index (χ1v) is 5.84. The molecule has 1 heterocycles. The zero-order valence-electron chi connectivity index (χ0n) is 8.71. The van der Waals surface area contributed by atoms with E-state index in [9.17, 15) is 19.8 Å². The van der Waals surface area contributed by atoms with E-state index < -0.39 is 17.9 Å². The fourth-order valence-corrected chi connectivity index (χ4v) is 2.65. The smallest absolute Gasteiger partial charge is 0.0504 e. The van der Waals surface area contributed by atoms with Crippen molar-refractivity contribution in [3.63, 3.8) is 0 Å². The number of rotatable bonds is 4. The Hall–Kier alpha value is -1.88. The van der Waals surface area contributed by atoms with Crippen LogP contribution in [0.15, 0.2) is 29.6 Å². The summed E-state index contributed by atoms with van der Waals surface area (Å²) in [5.74, 6) is -4.83. The molecule has 2 aromatic rings. The molecule has 0 spiro atoms. The van der Waals surface area contributed by atoms with Crippen molar-refractivity contribution in [2.75, 3.05) is 0 Å². The van der Waals surface area contributed by atoms with E-state index >= 15 is 0 Å². The number of benzene rings is 1. The molecule has 0 aliphatic rings. The molecular weight excluding hydrogens is 240 g/mol. The van der Waals surface area contributed by atoms with Gasteiger partial charge in [0, 0.05) is 10.6 Å². The van der Waals surface area contributed by atoms with Crippen LogP contribution in [0, 0.1) is 5.92 Å². The Morgan fingerprint density at radius 3 is 2.47 bits per heavy atom. The van der Waals surface area contributed by atoms with Crippen molar-refractivity contribution in [3.8, 4) is 0 Å². The second kappa shape index (κ2) is 4.55. The molecule has 5 heteroatoms. The highest BCUT2D eigenvalue weighted by molar-refractivity contribution is 7.17. The van der Waals surface area contributed by atoms with E-state index in [2.05, 4.69) is 0 Å². The van der Waals surface area contributed by atoms with Crippen LogP contribution >= 0.6 is 11.3 Å². The predicted octanol–water partition coefficient (Wildman–Crippen LogP) is -0.440. The lowest BCUT2D eigenvalue weighted by Gasteiger charge is -2.18. The fraction of sp³-hybridized carbons (Fsp3) is 0.167. The molecule has 0 unspecified atom stereocenters. The van der Waals surface area contributed by atoms with Crippen LogP contribution in [0.2, 0.25) is 0 Å². The average Bonchev–Trinajstić information content (AvgIpc) is 2.68. The molecule has 0 saturated carbocycles. The highest BCUT2D eigenvalue weighted by Crippen LogP contribution is 2.27. The van der Waals surface area contributed by atoms with Gasteiger partial charge in [-0.05, 0) is 28.8 Å². The zero-order valence-corrected chi connectivity index (χ0v) is 9.53. The highest BCUT2D eigenvalue weighted by Gasteiger charge is 2.14. The Bertz CT molecular complexity index is 559. The normalized spacial score (nSPS) is 10.9. The Morgan fingerprint density at radius 1 is 1.18 bits per heavy atom. The van der Waals surface area contributed by atoms with Crippen molar-refractivity contribution >= 4 is 33.4 Å². The summed E-state index contributed by atoms with van der Waals surface area (Å²) in [7, 11) is 0. The van der Waals surface area contributed by atoms with Crippen LogP contribution in [0.4, 0.5) is 0 Å². The molecule has 0 N–H and O–H groups in total. The summed E-state index contributed by atoms with van der Waals surface area (Å²) in [6.07, 6.45) is -0.103. The number of carbonyl (C=O) groups is 2. The third-order valence-electron chi connectivity index (χ3n) is 2.55. The minimum absolute atomic E-state index is 0.103. The molecule has 1 aromatic heterocycles. The fourth-order valence-electron chi connectivity index (χ4n) is 1.67. The lowest BCUT2D eigenvalue weighted by Crippen LogP contribution is -2.44. The van der Waals surface area contributed by atoms with Crippen LogP contribution in [-0.4, -0.2) is 11.9 Å². The van der Waals surface area contributed by atoms with Gasteiger partial charge in [0.1, 0.15) is 0 Å². The van der Waals surface area contributed by atoms with Crippen LogP contribution in [0.5, 0.6) is 0 Å². The van der Waals surface area contributed by atoms with E-state index in [1.807, 2.05) is 24.3 Å². The molecule has 0 bridgehead atoms. The number of carboxylic acids is 2. The molecule has 0 atom stereocenters. The third kappa shape index (κ3) is 2.29. The van der Waals surface area contributed by atoms with Crippen molar-refractivity contribution in [2.24, 2.45) is 5.92 Å². The van der Waals surface area contributed by atoms with Gasteiger partial charge in [-0.1, -0.05) is 18.2 Å². The second-order valence-electron chi connectivity index (χ2n) is 3.65. The molecule has 4 nitrogen and oxygen atoms in total. The first-order chi connectivity index (χ1) is 8.09. The molecule has 2 rings (SSSR count). The molecule has 0 fully saturated rings. The Balaban J connectivity index is 2.35. The van der Waals surface area contributed by atoms with Gasteiger partial charge in [-0.2, -0.15) is 0 Å². The van der Waals surface area contributed by atoms with Crippen LogP contribution in [0.25, 0.3) is 10.1 Å². The SMILES string of the molecule is O=C([O-])C(Cc1csc2ccccc12)C(=O)[O-]. The molecule has 17 heavy (non-hydrogen) atoms. The van der Waals surface area contributed by atoms with Gasteiger partial charge in [-0.15, -0.1) is 11.3 Å². The van der Waals surface area contributed by atoms with Crippen LogP contribution in [-0.2, 0) is 16.0 Å². The molecule has 88 valence electrons. The third-order valence-corrected chi connectivity index (χ3v) is 3.57. The summed E-state index contributed by atoms with van der Waals surface area (Å²) in [6, 6.07) is 7.43. The van der Waals surface area contributed by atoms with Crippen molar-refractivity contribution in [3.05, 3.63) is 35.2 Å². The number of hydrogen-bond acceptors (Lipinski definition) is 5. The van der Waals surface area contributed by atoms with E-state index in [4.69, 9.17) is 0 Å². The van der Waals surface area contributed by atoms with Crippen molar-refractivity contribution < 1.29 is 19.8 Å². The molecule has 0 aliphatic carbocycles. The maximum absolute atomic E-state index is 10.7. The van der Waals surface area contributed by atoms with Gasteiger partial charge < -0.3 is 19.8 Å². The van der Waals surface area contributed by atoms with Gasteiger partial charge in [-0.25, -0.2) is 0 Å². The summed E-state index contributed by atoms with van der Waals surface area (Å²) < 4.78 is 0.998. The van der Waals surface area contributed by atoms with Crippen LogP contribution in [0.3, 0.4) is 0 Å². The molecule has 0 aliphatic heterocycles. The van der Waals surface area contributed by atoms with Gasteiger partial charge >= 0.3 is 0 Å². The Morgan fingerprint density at radius 2 is 1.82 bits per heavy atom. The maximum Gasteiger partial charge on any atom is 0.0504 e. The summed E-state index contributed by atoms with van der Waals surface area (Å²) in [5, 5.41) is 24.0. The average molecular weight is 248 g/mol. The number of carboxylic acid groups (broad SMARTS) is 2. The van der Waals surface area contributed by atoms with Gasteiger partial charge in [0.15, 0.2) is 0 Å². The van der Waals surface area contributed by atoms with Gasteiger partial charge in [-0.3, -0.25) is 0 Å². The minimum Gasteiger partial charge on any atom is -0.549 e. The second-order valence-corrected chi connectivity index (χ2v) is 4.56. The summed E-state index contributed by atoms with van der Waals surface area (Å²) in [5.41, 5.74) is 0.698. The number of thiophene rings is 1. The minimum atomic E-state index is -1.61. The largest absolute Gasteiger partial charge is 0.549 e. The van der Waals surface area contributed by atoms with Crippen LogP contribution < -0.4 is 10.2 Å². The molecule has 0 amide bonds. The lowest BCUT2D eigenvalue weighted by molar-refractivity contribution is -0.331. The van der Waals surface area contributed by atoms with E-state index in [-0.39, 0.29) is 6.42 Å². The number of carbonyl (C=O) groups excluding carboxylic acids is 2. The topological polar surface area (TPSA) is 80.3 Å². The van der Waals surface area contributed by atoms with Gasteiger partial charge in [0.2, 0.25) is 0 Å². The summed E-state index contributed by atoms with van der Waals surface area (Å²) >= 11 is 1.45. The highest BCUT2D eigenvalue weighted by atomic mass is 32.1. The number of aliphatic carboxylic acids is 2. The maximum atomic E-state index is 10.7. The molecule has 1 aromatic carbocycles. The van der Waals surface area contributed by atoms with Gasteiger partial charge in [0.25, 0.3) is 0 Å². The Kier molecular flexibility index (Phi) is 3.10. The summed E-state index contributed by atoms with van der Waals surface area (Å²) in [4.78, 5) is 21.3. The molecular formula is C12H8O4S-2. The predicted molar refractivity (Wildman–Crippen MR) is 59.0 cm³/mol. The first-order valence-electron chi connectivity index (χ1n) is 4.96. The number of hydrogen-bond donors (Lipinski definition) is 0. The first kappa shape index (κ1) is 11.6.